The van der Waals surface area contributed by atoms with Crippen LogP contribution in [-0.4, -0.2) is 18.2 Å². The Morgan fingerprint density at radius 1 is 1.22 bits per heavy atom. The first kappa shape index (κ1) is 14.7. The molecular formula is C15H22O3. The molecule has 0 heterocycles. The maximum atomic E-state index is 11.2. The van der Waals surface area contributed by atoms with Crippen molar-refractivity contribution in [3.63, 3.8) is 0 Å². The van der Waals surface area contributed by atoms with E-state index in [0.29, 0.717) is 0 Å². The Morgan fingerprint density at radius 3 is 2.33 bits per heavy atom. The summed E-state index contributed by atoms with van der Waals surface area (Å²) in [5, 5.41) is 10.3. The molecule has 0 aliphatic heterocycles. The van der Waals surface area contributed by atoms with Crippen LogP contribution >= 0.6 is 0 Å². The molecule has 3 heteroatoms. The summed E-state index contributed by atoms with van der Waals surface area (Å²) in [7, 11) is 1.36. The molecule has 18 heavy (non-hydrogen) atoms. The van der Waals surface area contributed by atoms with Crippen molar-refractivity contribution in [2.45, 2.75) is 40.2 Å². The van der Waals surface area contributed by atoms with Crippen molar-refractivity contribution >= 4 is 5.97 Å². The predicted molar refractivity (Wildman–Crippen MR) is 71.4 cm³/mol. The zero-order valence-electron chi connectivity index (χ0n) is 11.8. The van der Waals surface area contributed by atoms with Crippen LogP contribution in [0.4, 0.5) is 0 Å². The molecule has 1 aromatic rings. The SMILES string of the molecule is COC(=O)CC(C)C(O)c1cc(C)c(C)cc1C. The highest BCUT2D eigenvalue weighted by molar-refractivity contribution is 5.69. The molecule has 2 atom stereocenters. The van der Waals surface area contributed by atoms with Crippen LogP contribution in [0.2, 0.25) is 0 Å². The summed E-state index contributed by atoms with van der Waals surface area (Å²) in [6.45, 7) is 7.92. The van der Waals surface area contributed by atoms with E-state index in [1.807, 2.05) is 26.8 Å². The average molecular weight is 250 g/mol. The molecule has 2 unspecified atom stereocenters. The van der Waals surface area contributed by atoms with E-state index in [2.05, 4.69) is 17.7 Å². The fourth-order valence-corrected chi connectivity index (χ4v) is 2.07. The van der Waals surface area contributed by atoms with Crippen LogP contribution in [-0.2, 0) is 9.53 Å². The molecule has 0 bridgehead atoms. The van der Waals surface area contributed by atoms with Crippen LogP contribution in [0.5, 0.6) is 0 Å². The third kappa shape index (κ3) is 3.33. The minimum atomic E-state index is -0.636. The summed E-state index contributed by atoms with van der Waals surface area (Å²) in [5.41, 5.74) is 4.32. The maximum absolute atomic E-state index is 11.2. The second-order valence-electron chi connectivity index (χ2n) is 5.00. The first-order valence-electron chi connectivity index (χ1n) is 6.19. The molecule has 0 saturated heterocycles. The number of methoxy groups -OCH3 is 1. The van der Waals surface area contributed by atoms with Gasteiger partial charge in [-0.05, 0) is 48.9 Å². The van der Waals surface area contributed by atoms with Crippen LogP contribution in [0.15, 0.2) is 12.1 Å². The zero-order chi connectivity index (χ0) is 13.9. The summed E-state index contributed by atoms with van der Waals surface area (Å²) in [4.78, 5) is 11.2. The van der Waals surface area contributed by atoms with Gasteiger partial charge in [0.25, 0.3) is 0 Å². The first-order chi connectivity index (χ1) is 8.36. The van der Waals surface area contributed by atoms with Crippen molar-refractivity contribution in [2.75, 3.05) is 7.11 Å². The zero-order valence-corrected chi connectivity index (χ0v) is 11.8. The summed E-state index contributed by atoms with van der Waals surface area (Å²) in [6, 6.07) is 4.07. The number of aryl methyl sites for hydroxylation is 3. The number of carbonyl (C=O) groups is 1. The number of carbonyl (C=O) groups excluding carboxylic acids is 1. The summed E-state index contributed by atoms with van der Waals surface area (Å²) >= 11 is 0. The maximum Gasteiger partial charge on any atom is 0.305 e. The van der Waals surface area contributed by atoms with Gasteiger partial charge in [0.2, 0.25) is 0 Å². The van der Waals surface area contributed by atoms with Crippen molar-refractivity contribution < 1.29 is 14.6 Å². The number of rotatable bonds is 4. The lowest BCUT2D eigenvalue weighted by Gasteiger charge is -2.21. The van der Waals surface area contributed by atoms with Gasteiger partial charge in [0.1, 0.15) is 0 Å². The van der Waals surface area contributed by atoms with Crippen molar-refractivity contribution in [2.24, 2.45) is 5.92 Å². The number of hydrogen-bond acceptors (Lipinski definition) is 3. The van der Waals surface area contributed by atoms with Gasteiger partial charge in [-0.25, -0.2) is 0 Å². The van der Waals surface area contributed by atoms with Gasteiger partial charge in [0.05, 0.1) is 19.6 Å². The van der Waals surface area contributed by atoms with Gasteiger partial charge in [-0.1, -0.05) is 19.1 Å². The molecule has 1 rings (SSSR count). The highest BCUT2D eigenvalue weighted by atomic mass is 16.5. The average Bonchev–Trinajstić information content (AvgIpc) is 2.32. The van der Waals surface area contributed by atoms with Crippen LogP contribution in [0, 0.1) is 26.7 Å². The summed E-state index contributed by atoms with van der Waals surface area (Å²) in [5.74, 6) is -0.443. The summed E-state index contributed by atoms with van der Waals surface area (Å²) in [6.07, 6.45) is -0.410. The fourth-order valence-electron chi connectivity index (χ4n) is 2.07. The molecule has 100 valence electrons. The number of aliphatic hydroxyl groups is 1. The van der Waals surface area contributed by atoms with Crippen molar-refractivity contribution in [3.05, 3.63) is 34.4 Å². The minimum absolute atomic E-state index is 0.154. The Kier molecular flexibility index (Phi) is 4.91. The van der Waals surface area contributed by atoms with Gasteiger partial charge in [0, 0.05) is 0 Å². The Balaban J connectivity index is 2.93. The van der Waals surface area contributed by atoms with E-state index in [4.69, 9.17) is 0 Å². The monoisotopic (exact) mass is 250 g/mol. The molecule has 0 aliphatic rings. The molecule has 0 amide bonds. The van der Waals surface area contributed by atoms with E-state index in [9.17, 15) is 9.90 Å². The predicted octanol–water partition coefficient (Wildman–Crippen LogP) is 2.84. The van der Waals surface area contributed by atoms with E-state index >= 15 is 0 Å². The Hall–Kier alpha value is -1.35. The number of esters is 1. The smallest absolute Gasteiger partial charge is 0.305 e. The fraction of sp³-hybridized carbons (Fsp3) is 0.533. The van der Waals surface area contributed by atoms with Gasteiger partial charge < -0.3 is 9.84 Å². The standard InChI is InChI=1S/C15H22O3/c1-9-6-11(3)13(7-10(9)2)15(17)12(4)8-14(16)18-5/h6-7,12,15,17H,8H2,1-5H3. The van der Waals surface area contributed by atoms with Gasteiger partial charge in [-0.3, -0.25) is 4.79 Å². The largest absolute Gasteiger partial charge is 0.469 e. The second kappa shape index (κ2) is 6.01. The topological polar surface area (TPSA) is 46.5 Å². The number of aliphatic hydroxyl groups excluding tert-OH is 1. The third-order valence-corrected chi connectivity index (χ3v) is 3.46. The lowest BCUT2D eigenvalue weighted by atomic mass is 9.89. The molecule has 0 aliphatic carbocycles. The van der Waals surface area contributed by atoms with Crippen LogP contribution in [0.25, 0.3) is 0 Å². The first-order valence-corrected chi connectivity index (χ1v) is 6.19. The molecule has 0 saturated carbocycles. The highest BCUT2D eigenvalue weighted by Gasteiger charge is 2.21. The van der Waals surface area contributed by atoms with Crippen LogP contribution in [0.3, 0.4) is 0 Å². The third-order valence-electron chi connectivity index (χ3n) is 3.46. The van der Waals surface area contributed by atoms with Crippen LogP contribution < -0.4 is 0 Å². The molecule has 0 fully saturated rings. The van der Waals surface area contributed by atoms with E-state index in [0.717, 1.165) is 16.7 Å². The molecular weight excluding hydrogens is 228 g/mol. The Bertz CT molecular complexity index is 438. The van der Waals surface area contributed by atoms with Crippen LogP contribution in [0.1, 0.15) is 41.7 Å². The highest BCUT2D eigenvalue weighted by Crippen LogP contribution is 2.29. The minimum Gasteiger partial charge on any atom is -0.469 e. The number of ether oxygens (including phenoxy) is 1. The van der Waals surface area contributed by atoms with E-state index in [1.165, 1.54) is 12.7 Å². The molecule has 1 aromatic carbocycles. The number of hydrogen-bond donors (Lipinski definition) is 1. The summed E-state index contributed by atoms with van der Waals surface area (Å²) < 4.78 is 4.63. The second-order valence-corrected chi connectivity index (χ2v) is 5.00. The van der Waals surface area contributed by atoms with Crippen molar-refractivity contribution in [1.82, 2.24) is 0 Å². The molecule has 0 aromatic heterocycles. The van der Waals surface area contributed by atoms with E-state index < -0.39 is 6.10 Å². The van der Waals surface area contributed by atoms with Gasteiger partial charge >= 0.3 is 5.97 Å². The molecule has 0 spiro atoms. The number of benzene rings is 1. The Labute approximate surface area is 109 Å². The Morgan fingerprint density at radius 2 is 1.78 bits per heavy atom. The lowest BCUT2D eigenvalue weighted by Crippen LogP contribution is -2.16. The molecule has 3 nitrogen and oxygen atoms in total. The van der Waals surface area contributed by atoms with Crippen molar-refractivity contribution in [1.29, 1.82) is 0 Å². The normalized spacial score (nSPS) is 14.1. The van der Waals surface area contributed by atoms with Gasteiger partial charge in [-0.15, -0.1) is 0 Å². The lowest BCUT2D eigenvalue weighted by molar-refractivity contribution is -0.142. The van der Waals surface area contributed by atoms with E-state index in [1.54, 1.807) is 0 Å². The molecule has 1 N–H and O–H groups in total. The van der Waals surface area contributed by atoms with Gasteiger partial charge in [-0.2, -0.15) is 0 Å². The van der Waals surface area contributed by atoms with Gasteiger partial charge in [0.15, 0.2) is 0 Å². The molecule has 0 radical (unpaired) electrons. The van der Waals surface area contributed by atoms with E-state index in [-0.39, 0.29) is 18.3 Å². The van der Waals surface area contributed by atoms with Crippen molar-refractivity contribution in [3.8, 4) is 0 Å². The quantitative estimate of drug-likeness (QED) is 0.836.